The van der Waals surface area contributed by atoms with Crippen LogP contribution in [0.2, 0.25) is 0 Å². The number of aryl methyl sites for hydroxylation is 1. The maximum atomic E-state index is 12.7. The smallest absolute Gasteiger partial charge is 0.272 e. The molecule has 21 heavy (non-hydrogen) atoms. The van der Waals surface area contributed by atoms with Gasteiger partial charge in [-0.15, -0.1) is 5.10 Å². The average Bonchev–Trinajstić information content (AvgIpc) is 2.94. The van der Waals surface area contributed by atoms with Crippen LogP contribution in [0.1, 0.15) is 28.7 Å². The number of nitrogens with zero attached hydrogens (tertiary/aromatic N) is 3. The van der Waals surface area contributed by atoms with Crippen LogP contribution in [0.25, 0.3) is 0 Å². The van der Waals surface area contributed by atoms with Gasteiger partial charge in [0, 0.05) is 6.54 Å². The molecular formula is C14H18N4O2S. The van der Waals surface area contributed by atoms with E-state index in [1.165, 1.54) is 4.90 Å². The fourth-order valence-corrected chi connectivity index (χ4v) is 2.72. The van der Waals surface area contributed by atoms with E-state index in [2.05, 4.69) is 9.59 Å². The number of carbonyl (C=O) groups is 1. The summed E-state index contributed by atoms with van der Waals surface area (Å²) in [4.78, 5) is 14.7. The van der Waals surface area contributed by atoms with Crippen molar-refractivity contribution in [3.63, 3.8) is 0 Å². The van der Waals surface area contributed by atoms with Gasteiger partial charge in [0.1, 0.15) is 4.88 Å². The van der Waals surface area contributed by atoms with Crippen LogP contribution in [0.3, 0.4) is 0 Å². The second-order valence-corrected chi connectivity index (χ2v) is 5.29. The molecule has 0 aliphatic carbocycles. The number of aliphatic hydroxyl groups excluding tert-OH is 1. The Balaban J connectivity index is 2.36. The van der Waals surface area contributed by atoms with Crippen LogP contribution in [-0.2, 0) is 6.42 Å². The molecule has 7 heteroatoms. The van der Waals surface area contributed by atoms with E-state index >= 15 is 0 Å². The molecule has 1 amide bonds. The Hall–Kier alpha value is -1.99. The lowest BCUT2D eigenvalue weighted by Gasteiger charge is -2.22. The van der Waals surface area contributed by atoms with Crippen LogP contribution in [0.15, 0.2) is 24.3 Å². The molecule has 0 saturated carbocycles. The monoisotopic (exact) mass is 306 g/mol. The Kier molecular flexibility index (Phi) is 5.24. The van der Waals surface area contributed by atoms with Crippen molar-refractivity contribution in [1.82, 2.24) is 9.59 Å². The Morgan fingerprint density at radius 1 is 1.43 bits per heavy atom. The minimum absolute atomic E-state index is 0.143. The van der Waals surface area contributed by atoms with E-state index in [0.29, 0.717) is 28.4 Å². The Morgan fingerprint density at radius 2 is 2.19 bits per heavy atom. The minimum atomic E-state index is -0.222. The molecule has 112 valence electrons. The van der Waals surface area contributed by atoms with Gasteiger partial charge in [-0.2, -0.15) is 0 Å². The Bertz CT molecular complexity index is 615. The zero-order chi connectivity index (χ0) is 15.2. The summed E-state index contributed by atoms with van der Waals surface area (Å²) in [6.07, 6.45) is 1.59. The highest BCUT2D eigenvalue weighted by atomic mass is 32.1. The van der Waals surface area contributed by atoms with Crippen LogP contribution in [-0.4, -0.2) is 33.8 Å². The van der Waals surface area contributed by atoms with Crippen LogP contribution in [0.4, 0.5) is 11.4 Å². The van der Waals surface area contributed by atoms with E-state index in [0.717, 1.165) is 18.0 Å². The highest BCUT2D eigenvalue weighted by Gasteiger charge is 2.24. The molecule has 0 bridgehead atoms. The highest BCUT2D eigenvalue weighted by molar-refractivity contribution is 7.08. The molecule has 0 saturated heterocycles. The third-order valence-corrected chi connectivity index (χ3v) is 3.79. The first kappa shape index (κ1) is 15.4. The largest absolute Gasteiger partial charge is 0.397 e. The number of hydrogen-bond acceptors (Lipinski definition) is 6. The molecule has 2 rings (SSSR count). The highest BCUT2D eigenvalue weighted by Crippen LogP contribution is 2.26. The van der Waals surface area contributed by atoms with Gasteiger partial charge in [0.2, 0.25) is 0 Å². The maximum absolute atomic E-state index is 12.7. The summed E-state index contributed by atoms with van der Waals surface area (Å²) in [5.41, 5.74) is 7.72. The predicted molar refractivity (Wildman–Crippen MR) is 83.5 cm³/mol. The lowest BCUT2D eigenvalue weighted by atomic mass is 10.2. The van der Waals surface area contributed by atoms with E-state index < -0.39 is 0 Å². The molecule has 1 heterocycles. The third kappa shape index (κ3) is 3.37. The number of aromatic nitrogens is 2. The van der Waals surface area contributed by atoms with Crippen molar-refractivity contribution >= 4 is 28.8 Å². The van der Waals surface area contributed by atoms with Crippen LogP contribution < -0.4 is 10.6 Å². The standard InChI is InChI=1S/C14H18N4O2S/c1-2-5-11-13(21-17-16-11)14(20)18(8-9-19)12-7-4-3-6-10(12)15/h3-4,6-7,19H,2,5,8-9,15H2,1H3. The van der Waals surface area contributed by atoms with E-state index in [1.54, 1.807) is 24.3 Å². The quantitative estimate of drug-likeness (QED) is 0.793. The first-order chi connectivity index (χ1) is 10.2. The molecule has 0 atom stereocenters. The van der Waals surface area contributed by atoms with Gasteiger partial charge in [0.15, 0.2) is 0 Å². The molecule has 0 aliphatic rings. The number of nitrogen functional groups attached to an aromatic ring is 1. The molecule has 1 aromatic heterocycles. The van der Waals surface area contributed by atoms with E-state index in [-0.39, 0.29) is 19.1 Å². The van der Waals surface area contributed by atoms with Crippen molar-refractivity contribution in [2.24, 2.45) is 0 Å². The lowest BCUT2D eigenvalue weighted by Crippen LogP contribution is -2.34. The summed E-state index contributed by atoms with van der Waals surface area (Å²) < 4.78 is 3.87. The summed E-state index contributed by atoms with van der Waals surface area (Å²) in [7, 11) is 0. The van der Waals surface area contributed by atoms with E-state index in [1.807, 2.05) is 6.92 Å². The van der Waals surface area contributed by atoms with Gasteiger partial charge in [0.25, 0.3) is 5.91 Å². The summed E-state index contributed by atoms with van der Waals surface area (Å²) in [6.45, 7) is 2.06. The molecule has 0 fully saturated rings. The topological polar surface area (TPSA) is 92.3 Å². The molecule has 6 nitrogen and oxygen atoms in total. The Morgan fingerprint density at radius 3 is 2.86 bits per heavy atom. The number of rotatable bonds is 6. The number of benzene rings is 1. The lowest BCUT2D eigenvalue weighted by molar-refractivity contribution is 0.0984. The normalized spacial score (nSPS) is 10.6. The average molecular weight is 306 g/mol. The van der Waals surface area contributed by atoms with E-state index in [9.17, 15) is 9.90 Å². The summed E-state index contributed by atoms with van der Waals surface area (Å²) in [5, 5.41) is 13.3. The van der Waals surface area contributed by atoms with E-state index in [4.69, 9.17) is 5.73 Å². The fraction of sp³-hybridized carbons (Fsp3) is 0.357. The van der Waals surface area contributed by atoms with Gasteiger partial charge in [-0.3, -0.25) is 4.79 Å². The zero-order valence-corrected chi connectivity index (χ0v) is 12.6. The molecule has 1 aromatic carbocycles. The zero-order valence-electron chi connectivity index (χ0n) is 11.8. The van der Waals surface area contributed by atoms with Crippen LogP contribution in [0.5, 0.6) is 0 Å². The first-order valence-corrected chi connectivity index (χ1v) is 7.54. The van der Waals surface area contributed by atoms with Crippen molar-refractivity contribution in [3.8, 4) is 0 Å². The van der Waals surface area contributed by atoms with Gasteiger partial charge in [-0.25, -0.2) is 0 Å². The van der Waals surface area contributed by atoms with Crippen LogP contribution >= 0.6 is 11.5 Å². The first-order valence-electron chi connectivity index (χ1n) is 6.77. The predicted octanol–water partition coefficient (Wildman–Crippen LogP) is 1.71. The summed E-state index contributed by atoms with van der Waals surface area (Å²) in [6, 6.07) is 7.10. The maximum Gasteiger partial charge on any atom is 0.272 e. The summed E-state index contributed by atoms with van der Waals surface area (Å²) >= 11 is 1.08. The Labute approximate surface area is 127 Å². The molecule has 3 N–H and O–H groups in total. The van der Waals surface area contributed by atoms with Crippen molar-refractivity contribution in [1.29, 1.82) is 0 Å². The van der Waals surface area contributed by atoms with Crippen LogP contribution in [0, 0.1) is 0 Å². The van der Waals surface area contributed by atoms with Gasteiger partial charge in [-0.1, -0.05) is 30.0 Å². The SMILES string of the molecule is CCCc1nnsc1C(=O)N(CCO)c1ccccc1N. The second kappa shape index (κ2) is 7.14. The number of carbonyl (C=O) groups excluding carboxylic acids is 1. The molecule has 0 aliphatic heterocycles. The second-order valence-electron chi connectivity index (χ2n) is 4.54. The third-order valence-electron chi connectivity index (χ3n) is 3.03. The van der Waals surface area contributed by atoms with Gasteiger partial charge < -0.3 is 15.7 Å². The van der Waals surface area contributed by atoms with Gasteiger partial charge >= 0.3 is 0 Å². The molecule has 0 radical (unpaired) electrons. The number of amides is 1. The molecular weight excluding hydrogens is 288 g/mol. The van der Waals surface area contributed by atoms with Crippen molar-refractivity contribution in [3.05, 3.63) is 34.8 Å². The molecule has 0 unspecified atom stereocenters. The van der Waals surface area contributed by atoms with Gasteiger partial charge in [0.05, 0.1) is 23.7 Å². The number of hydrogen-bond donors (Lipinski definition) is 2. The number of nitrogens with two attached hydrogens (primary N) is 1. The van der Waals surface area contributed by atoms with Gasteiger partial charge in [-0.05, 0) is 30.1 Å². The fourth-order valence-electron chi connectivity index (χ4n) is 2.06. The van der Waals surface area contributed by atoms with Crippen molar-refractivity contribution in [2.45, 2.75) is 19.8 Å². The number of para-hydroxylation sites is 2. The van der Waals surface area contributed by atoms with Crippen molar-refractivity contribution in [2.75, 3.05) is 23.8 Å². The number of anilines is 2. The molecule has 2 aromatic rings. The summed E-state index contributed by atoms with van der Waals surface area (Å²) in [5.74, 6) is -0.222. The number of aliphatic hydroxyl groups is 1. The minimum Gasteiger partial charge on any atom is -0.397 e. The van der Waals surface area contributed by atoms with Crippen molar-refractivity contribution < 1.29 is 9.90 Å². The molecule has 0 spiro atoms.